The van der Waals surface area contributed by atoms with Gasteiger partial charge in [0, 0.05) is 20.3 Å². The topological polar surface area (TPSA) is 39.7 Å². The average molecular weight is 205 g/mol. The Kier molecular flexibility index (Phi) is 10.8. The first kappa shape index (κ1) is 13.8. The summed E-state index contributed by atoms with van der Waals surface area (Å²) in [6, 6.07) is 0. The molecule has 1 atom stereocenters. The van der Waals surface area contributed by atoms with Crippen LogP contribution in [0.5, 0.6) is 0 Å². The van der Waals surface area contributed by atoms with Crippen molar-refractivity contribution in [3.05, 3.63) is 0 Å². The third-order valence-electron chi connectivity index (χ3n) is 1.76. The predicted octanol–water partition coefficient (Wildman–Crippen LogP) is 1.01. The van der Waals surface area contributed by atoms with E-state index in [-0.39, 0.29) is 6.29 Å². The first-order chi connectivity index (χ1) is 6.85. The fourth-order valence-electron chi connectivity index (χ4n) is 1.03. The molecule has 86 valence electrons. The van der Waals surface area contributed by atoms with Crippen molar-refractivity contribution in [2.45, 2.75) is 26.6 Å². The number of rotatable bonds is 10. The van der Waals surface area contributed by atoms with E-state index in [0.29, 0.717) is 13.2 Å². The van der Waals surface area contributed by atoms with Crippen molar-refractivity contribution >= 4 is 0 Å². The summed E-state index contributed by atoms with van der Waals surface area (Å²) in [5.41, 5.74) is 0. The molecule has 0 aromatic rings. The highest BCUT2D eigenvalue weighted by molar-refractivity contribution is 4.44. The largest absolute Gasteiger partial charge is 0.376 e. The molecule has 0 radical (unpaired) electrons. The maximum atomic E-state index is 5.40. The summed E-state index contributed by atoms with van der Waals surface area (Å²) in [4.78, 5) is 0. The van der Waals surface area contributed by atoms with Crippen LogP contribution in [0.4, 0.5) is 0 Å². The SMILES string of the molecule is CCNCCCOCC(OC)OCC. The summed E-state index contributed by atoms with van der Waals surface area (Å²) in [5, 5.41) is 3.23. The van der Waals surface area contributed by atoms with Crippen LogP contribution in [0.15, 0.2) is 0 Å². The van der Waals surface area contributed by atoms with Gasteiger partial charge in [-0.15, -0.1) is 0 Å². The van der Waals surface area contributed by atoms with Crippen molar-refractivity contribution in [1.29, 1.82) is 0 Å². The fourth-order valence-corrected chi connectivity index (χ4v) is 1.03. The van der Waals surface area contributed by atoms with E-state index in [0.717, 1.165) is 26.1 Å². The van der Waals surface area contributed by atoms with Gasteiger partial charge in [0.1, 0.15) is 0 Å². The van der Waals surface area contributed by atoms with Gasteiger partial charge >= 0.3 is 0 Å². The Balaban J connectivity index is 3.15. The van der Waals surface area contributed by atoms with Gasteiger partial charge in [0.05, 0.1) is 6.61 Å². The van der Waals surface area contributed by atoms with E-state index < -0.39 is 0 Å². The van der Waals surface area contributed by atoms with Crippen LogP contribution in [0.25, 0.3) is 0 Å². The Hall–Kier alpha value is -0.160. The third kappa shape index (κ3) is 8.44. The highest BCUT2D eigenvalue weighted by Gasteiger charge is 2.05. The van der Waals surface area contributed by atoms with Crippen LogP contribution in [0.3, 0.4) is 0 Å². The maximum absolute atomic E-state index is 5.40. The summed E-state index contributed by atoms with van der Waals surface area (Å²) in [6.07, 6.45) is 0.801. The second-order valence-electron chi connectivity index (χ2n) is 2.90. The molecule has 1 N–H and O–H groups in total. The fraction of sp³-hybridized carbons (Fsp3) is 1.00. The van der Waals surface area contributed by atoms with Crippen LogP contribution in [0.2, 0.25) is 0 Å². The van der Waals surface area contributed by atoms with Crippen molar-refractivity contribution in [3.63, 3.8) is 0 Å². The van der Waals surface area contributed by atoms with Crippen molar-refractivity contribution in [2.24, 2.45) is 0 Å². The van der Waals surface area contributed by atoms with Crippen molar-refractivity contribution in [3.8, 4) is 0 Å². The molecule has 0 aliphatic carbocycles. The molecule has 1 unspecified atom stereocenters. The summed E-state index contributed by atoms with van der Waals surface area (Å²) in [7, 11) is 1.63. The van der Waals surface area contributed by atoms with Crippen LogP contribution in [-0.4, -0.2) is 46.3 Å². The average Bonchev–Trinajstić information content (AvgIpc) is 2.21. The maximum Gasteiger partial charge on any atom is 0.180 e. The Morgan fingerprint density at radius 1 is 1.29 bits per heavy atom. The Labute approximate surface area is 86.9 Å². The summed E-state index contributed by atoms with van der Waals surface area (Å²) in [6.45, 7) is 7.96. The lowest BCUT2D eigenvalue weighted by molar-refractivity contribution is -0.154. The van der Waals surface area contributed by atoms with Gasteiger partial charge in [0.25, 0.3) is 0 Å². The van der Waals surface area contributed by atoms with Gasteiger partial charge in [-0.1, -0.05) is 6.92 Å². The molecule has 4 nitrogen and oxygen atoms in total. The quantitative estimate of drug-likeness (QED) is 0.427. The van der Waals surface area contributed by atoms with Gasteiger partial charge < -0.3 is 19.5 Å². The van der Waals surface area contributed by atoms with Crippen molar-refractivity contribution < 1.29 is 14.2 Å². The molecule has 0 aromatic carbocycles. The van der Waals surface area contributed by atoms with Crippen LogP contribution in [0, 0.1) is 0 Å². The zero-order valence-corrected chi connectivity index (χ0v) is 9.54. The molecule has 0 rings (SSSR count). The van der Waals surface area contributed by atoms with E-state index in [9.17, 15) is 0 Å². The minimum absolute atomic E-state index is 0.223. The van der Waals surface area contributed by atoms with E-state index in [2.05, 4.69) is 12.2 Å². The lowest BCUT2D eigenvalue weighted by atomic mass is 10.4. The van der Waals surface area contributed by atoms with E-state index >= 15 is 0 Å². The summed E-state index contributed by atoms with van der Waals surface area (Å²) < 4.78 is 15.7. The molecule has 0 aliphatic heterocycles. The molecule has 0 bridgehead atoms. The minimum Gasteiger partial charge on any atom is -0.376 e. The Morgan fingerprint density at radius 2 is 2.07 bits per heavy atom. The highest BCUT2D eigenvalue weighted by atomic mass is 16.7. The molecule has 0 heterocycles. The molecule has 0 aromatic heterocycles. The first-order valence-electron chi connectivity index (χ1n) is 5.28. The van der Waals surface area contributed by atoms with Crippen LogP contribution < -0.4 is 5.32 Å². The molecule has 0 amide bonds. The lowest BCUT2D eigenvalue weighted by Gasteiger charge is -2.15. The van der Waals surface area contributed by atoms with Gasteiger partial charge in [-0.2, -0.15) is 0 Å². The second-order valence-corrected chi connectivity index (χ2v) is 2.90. The monoisotopic (exact) mass is 205 g/mol. The second kappa shape index (κ2) is 10.9. The first-order valence-corrected chi connectivity index (χ1v) is 5.28. The van der Waals surface area contributed by atoms with Gasteiger partial charge in [0.15, 0.2) is 6.29 Å². The minimum atomic E-state index is -0.223. The molecule has 0 saturated heterocycles. The molecular formula is C10H23NO3. The number of ether oxygens (including phenoxy) is 3. The zero-order valence-electron chi connectivity index (χ0n) is 9.54. The summed E-state index contributed by atoms with van der Waals surface area (Å²) in [5.74, 6) is 0. The molecule has 0 fully saturated rings. The molecule has 0 aliphatic rings. The molecule has 0 spiro atoms. The molecule has 4 heteroatoms. The third-order valence-corrected chi connectivity index (χ3v) is 1.76. The predicted molar refractivity (Wildman–Crippen MR) is 56.4 cm³/mol. The number of nitrogens with one attached hydrogen (secondary N) is 1. The van der Waals surface area contributed by atoms with Gasteiger partial charge in [-0.05, 0) is 26.4 Å². The molecular weight excluding hydrogens is 182 g/mol. The smallest absolute Gasteiger partial charge is 0.180 e. The van der Waals surface area contributed by atoms with E-state index in [1.54, 1.807) is 7.11 Å². The van der Waals surface area contributed by atoms with Crippen LogP contribution in [0.1, 0.15) is 20.3 Å². The molecule has 0 saturated carbocycles. The lowest BCUT2D eigenvalue weighted by Crippen LogP contribution is -2.23. The molecule has 14 heavy (non-hydrogen) atoms. The van der Waals surface area contributed by atoms with E-state index in [1.165, 1.54) is 0 Å². The van der Waals surface area contributed by atoms with Crippen molar-refractivity contribution in [1.82, 2.24) is 5.32 Å². The number of hydrogen-bond acceptors (Lipinski definition) is 4. The van der Waals surface area contributed by atoms with Crippen LogP contribution in [-0.2, 0) is 14.2 Å². The number of methoxy groups -OCH3 is 1. The van der Waals surface area contributed by atoms with Gasteiger partial charge in [0.2, 0.25) is 0 Å². The standard InChI is InChI=1S/C10H23NO3/c1-4-11-7-6-8-13-9-10(12-3)14-5-2/h10-11H,4-9H2,1-3H3. The van der Waals surface area contributed by atoms with Gasteiger partial charge in [-0.25, -0.2) is 0 Å². The van der Waals surface area contributed by atoms with Crippen LogP contribution >= 0.6 is 0 Å². The van der Waals surface area contributed by atoms with Crippen molar-refractivity contribution in [2.75, 3.05) is 40.0 Å². The Bertz CT molecular complexity index is 112. The summed E-state index contributed by atoms with van der Waals surface area (Å²) >= 11 is 0. The zero-order chi connectivity index (χ0) is 10.6. The normalized spacial score (nSPS) is 13.1. The van der Waals surface area contributed by atoms with E-state index in [4.69, 9.17) is 14.2 Å². The van der Waals surface area contributed by atoms with Gasteiger partial charge in [-0.3, -0.25) is 0 Å². The van der Waals surface area contributed by atoms with E-state index in [1.807, 2.05) is 6.92 Å². The Morgan fingerprint density at radius 3 is 2.64 bits per heavy atom. The highest BCUT2D eigenvalue weighted by Crippen LogP contribution is 1.94. The number of hydrogen-bond donors (Lipinski definition) is 1.